The number of nitrogens with one attached hydrogen (secondary N) is 1. The van der Waals surface area contributed by atoms with Gasteiger partial charge in [-0.05, 0) is 52.0 Å². The summed E-state index contributed by atoms with van der Waals surface area (Å²) in [5.41, 5.74) is 3.34. The van der Waals surface area contributed by atoms with Crippen LogP contribution in [0.3, 0.4) is 0 Å². The SMILES string of the molecule is Cc1cc(-c2cc(C(=O)N(C)Cc3nc4ccccc4c(=O)[nH]3)c3cnn(C(C)C)c3n2)c(C)s1. The van der Waals surface area contributed by atoms with Gasteiger partial charge in [-0.1, -0.05) is 12.1 Å². The summed E-state index contributed by atoms with van der Waals surface area (Å²) >= 11 is 1.71. The fourth-order valence-corrected chi connectivity index (χ4v) is 5.24. The highest BCUT2D eigenvalue weighted by Crippen LogP contribution is 2.33. The Balaban J connectivity index is 1.58. The largest absolute Gasteiger partial charge is 0.334 e. The number of H-pyrrole nitrogens is 1. The summed E-state index contributed by atoms with van der Waals surface area (Å²) in [6.45, 7) is 8.36. The van der Waals surface area contributed by atoms with Gasteiger partial charge in [0.05, 0.1) is 40.3 Å². The van der Waals surface area contributed by atoms with Crippen LogP contribution in [0.5, 0.6) is 0 Å². The van der Waals surface area contributed by atoms with Gasteiger partial charge in [-0.3, -0.25) is 9.59 Å². The summed E-state index contributed by atoms with van der Waals surface area (Å²) in [4.78, 5) is 42.3. The molecule has 0 unspecified atom stereocenters. The van der Waals surface area contributed by atoms with Gasteiger partial charge in [0.25, 0.3) is 11.5 Å². The summed E-state index contributed by atoms with van der Waals surface area (Å²) in [5.74, 6) is 0.236. The number of aromatic nitrogens is 5. The van der Waals surface area contributed by atoms with Gasteiger partial charge in [0, 0.05) is 28.4 Å². The zero-order valence-corrected chi connectivity index (χ0v) is 21.1. The van der Waals surface area contributed by atoms with Gasteiger partial charge in [0.15, 0.2) is 5.65 Å². The van der Waals surface area contributed by atoms with Crippen LogP contribution in [-0.2, 0) is 6.54 Å². The normalized spacial score (nSPS) is 11.6. The molecular formula is C26H26N6O2S. The highest BCUT2D eigenvalue weighted by atomic mass is 32.1. The Morgan fingerprint density at radius 1 is 1.14 bits per heavy atom. The Kier molecular flexibility index (Phi) is 5.72. The van der Waals surface area contributed by atoms with Crippen molar-refractivity contribution in [2.75, 3.05) is 7.05 Å². The molecular weight excluding hydrogens is 460 g/mol. The van der Waals surface area contributed by atoms with E-state index in [4.69, 9.17) is 4.98 Å². The zero-order valence-electron chi connectivity index (χ0n) is 20.3. The molecule has 4 heterocycles. The van der Waals surface area contributed by atoms with E-state index < -0.39 is 0 Å². The molecule has 5 rings (SSSR count). The molecule has 0 radical (unpaired) electrons. The molecule has 1 amide bonds. The van der Waals surface area contributed by atoms with E-state index >= 15 is 0 Å². The van der Waals surface area contributed by atoms with Crippen LogP contribution in [0.25, 0.3) is 33.2 Å². The predicted molar refractivity (Wildman–Crippen MR) is 139 cm³/mol. The van der Waals surface area contributed by atoms with E-state index in [0.29, 0.717) is 33.3 Å². The first-order valence-corrected chi connectivity index (χ1v) is 12.2. The van der Waals surface area contributed by atoms with Crippen LogP contribution in [-0.4, -0.2) is 42.6 Å². The topological polar surface area (TPSA) is 96.8 Å². The minimum Gasteiger partial charge on any atom is -0.334 e. The maximum atomic E-state index is 13.7. The van der Waals surface area contributed by atoms with Gasteiger partial charge in [0.2, 0.25) is 0 Å². The maximum absolute atomic E-state index is 13.7. The molecule has 0 aliphatic carbocycles. The molecule has 0 atom stereocenters. The summed E-state index contributed by atoms with van der Waals surface area (Å²) in [6.07, 6.45) is 1.70. The molecule has 0 saturated carbocycles. The average Bonchev–Trinajstić information content (AvgIpc) is 3.40. The lowest BCUT2D eigenvalue weighted by Gasteiger charge is -2.18. The monoisotopic (exact) mass is 486 g/mol. The van der Waals surface area contributed by atoms with Crippen molar-refractivity contribution >= 4 is 39.2 Å². The van der Waals surface area contributed by atoms with Crippen LogP contribution in [0, 0.1) is 13.8 Å². The number of pyridine rings is 1. The average molecular weight is 487 g/mol. The van der Waals surface area contributed by atoms with Crippen molar-refractivity contribution in [1.82, 2.24) is 29.6 Å². The lowest BCUT2D eigenvalue weighted by molar-refractivity contribution is 0.0783. The molecule has 5 aromatic rings. The van der Waals surface area contributed by atoms with Crippen LogP contribution < -0.4 is 5.56 Å². The first-order chi connectivity index (χ1) is 16.7. The number of rotatable bonds is 5. The van der Waals surface area contributed by atoms with Gasteiger partial charge in [-0.25, -0.2) is 14.6 Å². The molecule has 8 nitrogen and oxygen atoms in total. The molecule has 0 bridgehead atoms. The lowest BCUT2D eigenvalue weighted by atomic mass is 10.1. The van der Waals surface area contributed by atoms with Crippen molar-refractivity contribution in [1.29, 1.82) is 0 Å². The quantitative estimate of drug-likeness (QED) is 0.382. The Morgan fingerprint density at radius 3 is 2.63 bits per heavy atom. The molecule has 0 fully saturated rings. The molecule has 9 heteroatoms. The maximum Gasteiger partial charge on any atom is 0.258 e. The van der Waals surface area contributed by atoms with E-state index in [1.165, 1.54) is 4.88 Å². The highest BCUT2D eigenvalue weighted by molar-refractivity contribution is 7.12. The first kappa shape index (κ1) is 22.9. The number of carbonyl (C=O) groups excluding carboxylic acids is 1. The van der Waals surface area contributed by atoms with E-state index in [2.05, 4.69) is 35.0 Å². The lowest BCUT2D eigenvalue weighted by Crippen LogP contribution is -2.28. The number of hydrogen-bond acceptors (Lipinski definition) is 6. The zero-order chi connectivity index (χ0) is 24.9. The number of fused-ring (bicyclic) bond motifs is 2. The Morgan fingerprint density at radius 2 is 1.91 bits per heavy atom. The second-order valence-electron chi connectivity index (χ2n) is 8.99. The molecule has 1 N–H and O–H groups in total. The highest BCUT2D eigenvalue weighted by Gasteiger charge is 2.22. The minimum atomic E-state index is -0.221. The summed E-state index contributed by atoms with van der Waals surface area (Å²) in [5, 5.41) is 5.74. The number of hydrogen-bond donors (Lipinski definition) is 1. The van der Waals surface area contributed by atoms with E-state index in [1.54, 1.807) is 47.7 Å². The third kappa shape index (κ3) is 4.12. The van der Waals surface area contributed by atoms with Crippen LogP contribution in [0.1, 0.15) is 45.8 Å². The molecule has 0 saturated heterocycles. The number of nitrogens with zero attached hydrogens (tertiary/aromatic N) is 5. The van der Waals surface area contributed by atoms with Crippen LogP contribution >= 0.6 is 11.3 Å². The van der Waals surface area contributed by atoms with E-state index in [9.17, 15) is 9.59 Å². The van der Waals surface area contributed by atoms with Crippen molar-refractivity contribution < 1.29 is 4.79 Å². The van der Waals surface area contributed by atoms with Crippen molar-refractivity contribution in [2.45, 2.75) is 40.3 Å². The van der Waals surface area contributed by atoms with Crippen LogP contribution in [0.2, 0.25) is 0 Å². The van der Waals surface area contributed by atoms with E-state index in [-0.39, 0.29) is 24.1 Å². The van der Waals surface area contributed by atoms with Crippen molar-refractivity contribution in [2.24, 2.45) is 0 Å². The fourth-order valence-electron chi connectivity index (χ4n) is 4.31. The molecule has 1 aromatic carbocycles. The number of aryl methyl sites for hydroxylation is 2. The van der Waals surface area contributed by atoms with E-state index in [0.717, 1.165) is 16.1 Å². The second-order valence-corrected chi connectivity index (χ2v) is 10.5. The van der Waals surface area contributed by atoms with Gasteiger partial charge < -0.3 is 9.88 Å². The van der Waals surface area contributed by atoms with Gasteiger partial charge in [-0.2, -0.15) is 5.10 Å². The third-order valence-corrected chi connectivity index (χ3v) is 6.96. The minimum absolute atomic E-state index is 0.0908. The molecule has 0 spiro atoms. The van der Waals surface area contributed by atoms with Crippen molar-refractivity contribution in [3.05, 3.63) is 74.1 Å². The first-order valence-electron chi connectivity index (χ1n) is 11.4. The summed E-state index contributed by atoms with van der Waals surface area (Å²) in [7, 11) is 1.70. The third-order valence-electron chi connectivity index (χ3n) is 6.00. The van der Waals surface area contributed by atoms with Crippen molar-refractivity contribution in [3.63, 3.8) is 0 Å². The van der Waals surface area contributed by atoms with Gasteiger partial charge in [0.1, 0.15) is 5.82 Å². The molecule has 0 aliphatic rings. The number of thiophene rings is 1. The van der Waals surface area contributed by atoms with Gasteiger partial charge >= 0.3 is 0 Å². The van der Waals surface area contributed by atoms with Gasteiger partial charge in [-0.15, -0.1) is 11.3 Å². The smallest absolute Gasteiger partial charge is 0.258 e. The van der Waals surface area contributed by atoms with Crippen LogP contribution in [0.4, 0.5) is 0 Å². The Hall–Kier alpha value is -3.85. The Bertz CT molecular complexity index is 1650. The predicted octanol–water partition coefficient (Wildman–Crippen LogP) is 4.87. The van der Waals surface area contributed by atoms with E-state index in [1.807, 2.05) is 30.7 Å². The summed E-state index contributed by atoms with van der Waals surface area (Å²) in [6, 6.07) is 11.2. The molecule has 35 heavy (non-hydrogen) atoms. The number of para-hydroxylation sites is 1. The standard InChI is InChI=1S/C26H26N6O2S/c1-14(2)32-24-20(12-27-32)19(11-22(29-24)18-10-15(3)35-16(18)4)26(34)31(5)13-23-28-21-9-7-6-8-17(21)25(33)30-23/h6-12,14H,13H2,1-5H3,(H,28,30,33). The number of aromatic amines is 1. The van der Waals surface area contributed by atoms with Crippen molar-refractivity contribution in [3.8, 4) is 11.3 Å². The number of carbonyl (C=O) groups is 1. The molecule has 0 aliphatic heterocycles. The number of amides is 1. The molecule has 4 aromatic heterocycles. The summed E-state index contributed by atoms with van der Waals surface area (Å²) < 4.78 is 1.84. The fraction of sp³-hybridized carbons (Fsp3) is 0.269. The second kappa shape index (κ2) is 8.74. The molecule has 178 valence electrons. The van der Waals surface area contributed by atoms with Crippen LogP contribution in [0.15, 0.2) is 47.4 Å². The Labute approximate surface area is 206 Å². The number of benzene rings is 1.